The second-order valence-corrected chi connectivity index (χ2v) is 21.0. The van der Waals surface area contributed by atoms with Crippen LogP contribution in [0.15, 0.2) is 0 Å². The Hall–Kier alpha value is -0.560. The molecule has 3 aliphatic heterocycles. The molecule has 0 amide bonds. The highest BCUT2D eigenvalue weighted by Gasteiger charge is 2.83. The molecule has 322 valence electrons. The fraction of sp³-hybridized carbons (Fsp3) is 1.00. The van der Waals surface area contributed by atoms with Crippen molar-refractivity contribution in [1.82, 2.24) is 0 Å². The summed E-state index contributed by atoms with van der Waals surface area (Å²) in [6.07, 6.45) is -6.12. The number of fused-ring (bicyclic) bond motifs is 2. The van der Waals surface area contributed by atoms with E-state index >= 15 is 0 Å². The molecule has 0 aromatic rings. The van der Waals surface area contributed by atoms with E-state index in [0.29, 0.717) is 12.3 Å². The molecule has 14 nitrogen and oxygen atoms in total. The molecule has 22 atom stereocenters. The van der Waals surface area contributed by atoms with Crippen molar-refractivity contribution in [1.29, 1.82) is 0 Å². The van der Waals surface area contributed by atoms with Gasteiger partial charge in [-0.3, -0.25) is 0 Å². The molecule has 0 aromatic heterocycles. The minimum Gasteiger partial charge on any atom is -0.394 e. The van der Waals surface area contributed by atoms with Crippen LogP contribution >= 0.6 is 0 Å². The predicted molar refractivity (Wildman–Crippen MR) is 198 cm³/mol. The van der Waals surface area contributed by atoms with Crippen LogP contribution < -0.4 is 0 Å². The van der Waals surface area contributed by atoms with E-state index in [1.807, 2.05) is 0 Å². The van der Waals surface area contributed by atoms with Crippen molar-refractivity contribution in [2.75, 3.05) is 19.8 Å². The zero-order valence-electron chi connectivity index (χ0n) is 34.1. The number of aliphatic hydroxyl groups excluding tert-OH is 9. The third-order valence-corrected chi connectivity index (χ3v) is 18.1. The summed E-state index contributed by atoms with van der Waals surface area (Å²) in [7, 11) is 0. The van der Waals surface area contributed by atoms with Crippen LogP contribution in [-0.4, -0.2) is 151 Å². The maximum absolute atomic E-state index is 12.0. The molecule has 5 aliphatic carbocycles. The molecular formula is C42H70O14. The lowest BCUT2D eigenvalue weighted by Gasteiger charge is -2.64. The number of ether oxygens (including phenoxy) is 5. The standard InChI is InChI=1S/C42H70O14/c1-20(22-9-11-37(2,3)56-22)28-21(45)15-40(6)26-8-7-25-38(4,19-52-35-33(50)31(48)29(46)23(16-43)53-35)27(55-36-34(51)32(49)30(47)24(17-44)54-36)10-12-41(25)18-42(26,41)14-13-39(28,40)5/h20-36,43-51H,7-19H2,1-6H3/t20-,21+,22+,23-,24-,25+,26+,27+,28+,29+,30-,31+,32+,33-,34-,35-,36+,38+,39-,40+,41-,42+/m1/s1. The summed E-state index contributed by atoms with van der Waals surface area (Å²) < 4.78 is 31.2. The van der Waals surface area contributed by atoms with Gasteiger partial charge in [-0.1, -0.05) is 27.7 Å². The molecule has 8 fully saturated rings. The molecule has 56 heavy (non-hydrogen) atoms. The fourth-order valence-electron chi connectivity index (χ4n) is 15.1. The Bertz CT molecular complexity index is 1450. The number of aliphatic hydroxyl groups is 9. The molecule has 8 aliphatic rings. The van der Waals surface area contributed by atoms with Gasteiger partial charge in [-0.2, -0.15) is 0 Å². The van der Waals surface area contributed by atoms with Crippen LogP contribution in [0.5, 0.6) is 0 Å². The van der Waals surface area contributed by atoms with Gasteiger partial charge in [0.2, 0.25) is 0 Å². The lowest BCUT2D eigenvalue weighted by molar-refractivity contribution is -0.340. The molecule has 8 rings (SSSR count). The van der Waals surface area contributed by atoms with Crippen LogP contribution in [-0.2, 0) is 23.7 Å². The fourth-order valence-corrected chi connectivity index (χ4v) is 15.1. The number of hydrogen-bond acceptors (Lipinski definition) is 14. The van der Waals surface area contributed by atoms with Gasteiger partial charge in [-0.25, -0.2) is 0 Å². The lowest BCUT2D eigenvalue weighted by atomic mass is 9.41. The third-order valence-electron chi connectivity index (χ3n) is 18.1. The Kier molecular flexibility index (Phi) is 10.7. The Morgan fingerprint density at radius 2 is 1.23 bits per heavy atom. The van der Waals surface area contributed by atoms with Crippen LogP contribution in [0.25, 0.3) is 0 Å². The van der Waals surface area contributed by atoms with Crippen LogP contribution in [0.3, 0.4) is 0 Å². The van der Waals surface area contributed by atoms with Crippen molar-refractivity contribution in [3.8, 4) is 0 Å². The van der Waals surface area contributed by atoms with Gasteiger partial charge < -0.3 is 69.6 Å². The summed E-state index contributed by atoms with van der Waals surface area (Å²) in [6, 6.07) is 0. The first-order chi connectivity index (χ1) is 26.2. The van der Waals surface area contributed by atoms with Gasteiger partial charge in [0.1, 0.15) is 48.8 Å². The van der Waals surface area contributed by atoms with Crippen molar-refractivity contribution in [3.63, 3.8) is 0 Å². The highest BCUT2D eigenvalue weighted by molar-refractivity contribution is 5.31. The summed E-state index contributed by atoms with van der Waals surface area (Å²) in [5.41, 5.74) is -1.08. The SMILES string of the molecule is C[C@@H]([C@H]1[C@@H](O)C[C@@]2(C)[C@@H]3CC[C@H]4[C@](C)(CO[C@@H]5O[C@H](CO)[C@H](O)[C@H](O)[C@H]5O)[C@@H](O[C@@H]5O[C@H](CO)[C@@H](O)[C@H](O)[C@H]5O)CC[C@@]45C[C@@]35CC[C@]12C)[C@@H]1CCC(C)(C)O1. The minimum absolute atomic E-state index is 0.00989. The van der Waals surface area contributed by atoms with E-state index in [0.717, 1.165) is 57.8 Å². The van der Waals surface area contributed by atoms with Crippen molar-refractivity contribution in [3.05, 3.63) is 0 Å². The van der Waals surface area contributed by atoms with Gasteiger partial charge in [0.25, 0.3) is 0 Å². The molecular weight excluding hydrogens is 728 g/mol. The average Bonchev–Trinajstić information content (AvgIpc) is 3.59. The van der Waals surface area contributed by atoms with Crippen molar-refractivity contribution < 1.29 is 69.6 Å². The number of hydrogen-bond donors (Lipinski definition) is 9. The van der Waals surface area contributed by atoms with Gasteiger partial charge in [0, 0.05) is 5.41 Å². The van der Waals surface area contributed by atoms with Crippen molar-refractivity contribution in [2.24, 2.45) is 50.7 Å². The molecule has 9 N–H and O–H groups in total. The van der Waals surface area contributed by atoms with Crippen LogP contribution in [0.1, 0.15) is 106 Å². The lowest BCUT2D eigenvalue weighted by Crippen LogP contribution is -2.63. The van der Waals surface area contributed by atoms with Crippen LogP contribution in [0.4, 0.5) is 0 Å². The number of rotatable bonds is 9. The normalized spacial score (nSPS) is 58.1. The Labute approximate surface area is 330 Å². The van der Waals surface area contributed by atoms with E-state index in [9.17, 15) is 46.0 Å². The van der Waals surface area contributed by atoms with E-state index < -0.39 is 92.2 Å². The van der Waals surface area contributed by atoms with Crippen molar-refractivity contribution >= 4 is 0 Å². The van der Waals surface area contributed by atoms with E-state index in [2.05, 4.69) is 41.5 Å². The summed E-state index contributed by atoms with van der Waals surface area (Å²) in [4.78, 5) is 0. The summed E-state index contributed by atoms with van der Waals surface area (Å²) >= 11 is 0. The summed E-state index contributed by atoms with van der Waals surface area (Å²) in [5, 5.41) is 95.9. The highest BCUT2D eigenvalue weighted by Crippen LogP contribution is 2.89. The Balaban J connectivity index is 1.08. The molecule has 0 bridgehead atoms. The average molecular weight is 799 g/mol. The second kappa shape index (κ2) is 14.3. The quantitative estimate of drug-likeness (QED) is 0.148. The van der Waals surface area contributed by atoms with Gasteiger partial charge >= 0.3 is 0 Å². The second-order valence-electron chi connectivity index (χ2n) is 21.0. The molecule has 5 saturated carbocycles. The third kappa shape index (κ3) is 5.93. The first-order valence-corrected chi connectivity index (χ1v) is 21.5. The molecule has 0 radical (unpaired) electrons. The van der Waals surface area contributed by atoms with Crippen molar-refractivity contribution in [2.45, 2.75) is 191 Å². The highest BCUT2D eigenvalue weighted by atomic mass is 16.7. The molecule has 0 aromatic carbocycles. The van der Waals surface area contributed by atoms with Gasteiger partial charge in [-0.15, -0.1) is 0 Å². The first kappa shape index (κ1) is 42.1. The summed E-state index contributed by atoms with van der Waals surface area (Å²) in [5.74, 6) is 0.824. The zero-order valence-corrected chi connectivity index (χ0v) is 34.1. The minimum atomic E-state index is -1.60. The van der Waals surface area contributed by atoms with Gasteiger partial charge in [0.05, 0.1) is 43.7 Å². The molecule has 14 heteroatoms. The maximum Gasteiger partial charge on any atom is 0.186 e. The van der Waals surface area contributed by atoms with E-state index in [1.54, 1.807) is 0 Å². The topological polar surface area (TPSA) is 228 Å². The van der Waals surface area contributed by atoms with Crippen LogP contribution in [0.2, 0.25) is 0 Å². The van der Waals surface area contributed by atoms with Gasteiger partial charge in [0.15, 0.2) is 12.6 Å². The monoisotopic (exact) mass is 798 g/mol. The summed E-state index contributed by atoms with van der Waals surface area (Å²) in [6.45, 7) is 12.5. The first-order valence-electron chi connectivity index (χ1n) is 21.5. The molecule has 2 spiro atoms. The van der Waals surface area contributed by atoms with E-state index in [1.165, 1.54) is 0 Å². The van der Waals surface area contributed by atoms with Crippen LogP contribution in [0, 0.1) is 50.7 Å². The van der Waals surface area contributed by atoms with Gasteiger partial charge in [-0.05, 0) is 123 Å². The maximum atomic E-state index is 12.0. The predicted octanol–water partition coefficient (Wildman–Crippen LogP) is 0.972. The molecule has 0 unspecified atom stereocenters. The zero-order chi connectivity index (χ0) is 40.5. The van der Waals surface area contributed by atoms with E-state index in [4.69, 9.17) is 23.7 Å². The molecule has 3 heterocycles. The Morgan fingerprint density at radius 3 is 1.84 bits per heavy atom. The Morgan fingerprint density at radius 1 is 0.643 bits per heavy atom. The molecule has 3 saturated heterocycles. The van der Waals surface area contributed by atoms with E-state index in [-0.39, 0.29) is 57.7 Å². The largest absolute Gasteiger partial charge is 0.394 e. The smallest absolute Gasteiger partial charge is 0.186 e.